The number of hydrogen-bond donors (Lipinski definition) is 1. The van der Waals surface area contributed by atoms with E-state index in [4.69, 9.17) is 17.3 Å². The fourth-order valence-electron chi connectivity index (χ4n) is 4.38. The van der Waals surface area contributed by atoms with E-state index in [0.29, 0.717) is 48.2 Å². The van der Waals surface area contributed by atoms with Gasteiger partial charge in [-0.2, -0.15) is 4.98 Å². The summed E-state index contributed by atoms with van der Waals surface area (Å²) in [7, 11) is 1.66. The van der Waals surface area contributed by atoms with Gasteiger partial charge in [0.1, 0.15) is 10.7 Å². The minimum Gasteiger partial charge on any atom is -0.382 e. The molecule has 156 valence electrons. The maximum atomic E-state index is 13.7. The van der Waals surface area contributed by atoms with Crippen LogP contribution in [0.25, 0.3) is 0 Å². The van der Waals surface area contributed by atoms with Gasteiger partial charge in [-0.05, 0) is 36.8 Å². The molecular weight excluding hydrogens is 418 g/mol. The highest BCUT2D eigenvalue weighted by molar-refractivity contribution is 7.99. The molecule has 0 unspecified atom stereocenters. The number of aromatic nitrogens is 2. The molecule has 5 nitrogen and oxygen atoms in total. The number of halogens is 3. The predicted molar refractivity (Wildman–Crippen MR) is 112 cm³/mol. The molecule has 2 aliphatic rings. The number of nitrogens with zero attached hydrogens (tertiary/aromatic N) is 3. The highest BCUT2D eigenvalue weighted by Crippen LogP contribution is 2.53. The fourth-order valence-corrected chi connectivity index (χ4v) is 5.54. The van der Waals surface area contributed by atoms with Crippen LogP contribution in [-0.4, -0.2) is 28.6 Å². The van der Waals surface area contributed by atoms with Crippen molar-refractivity contribution >= 4 is 35.1 Å². The summed E-state index contributed by atoms with van der Waals surface area (Å²) >= 11 is 7.40. The first kappa shape index (κ1) is 20.5. The van der Waals surface area contributed by atoms with Crippen molar-refractivity contribution in [2.24, 2.45) is 12.5 Å². The van der Waals surface area contributed by atoms with Crippen molar-refractivity contribution in [3.05, 3.63) is 39.6 Å². The second kappa shape index (κ2) is 7.47. The molecule has 1 saturated carbocycles. The van der Waals surface area contributed by atoms with Crippen LogP contribution in [0.2, 0.25) is 5.02 Å². The molecule has 1 aromatic heterocycles. The van der Waals surface area contributed by atoms with Crippen LogP contribution >= 0.6 is 23.4 Å². The number of benzene rings is 1. The molecule has 0 atom stereocenters. The third-order valence-corrected chi connectivity index (χ3v) is 7.67. The van der Waals surface area contributed by atoms with E-state index in [1.54, 1.807) is 13.1 Å². The lowest BCUT2D eigenvalue weighted by Crippen LogP contribution is -2.42. The second-order valence-corrected chi connectivity index (χ2v) is 9.50. The zero-order valence-electron chi connectivity index (χ0n) is 16.1. The van der Waals surface area contributed by atoms with E-state index in [1.807, 2.05) is 23.1 Å². The van der Waals surface area contributed by atoms with Crippen molar-refractivity contribution in [3.63, 3.8) is 0 Å². The van der Waals surface area contributed by atoms with E-state index in [1.165, 1.54) is 16.3 Å². The molecule has 2 heterocycles. The van der Waals surface area contributed by atoms with Crippen LogP contribution in [0.4, 0.5) is 20.5 Å². The van der Waals surface area contributed by atoms with E-state index in [9.17, 15) is 13.6 Å². The quantitative estimate of drug-likeness (QED) is 0.757. The Balaban J connectivity index is 1.56. The minimum absolute atomic E-state index is 0.0232. The number of nitrogen functional groups attached to an aromatic ring is 1. The number of alkyl halides is 2. The molecule has 0 radical (unpaired) electrons. The Morgan fingerprint density at radius 3 is 2.48 bits per heavy atom. The number of rotatable bonds is 3. The average molecular weight is 441 g/mol. The second-order valence-electron chi connectivity index (χ2n) is 8.04. The summed E-state index contributed by atoms with van der Waals surface area (Å²) in [6.07, 6.45) is 1.86. The molecule has 1 aromatic carbocycles. The third kappa shape index (κ3) is 3.97. The summed E-state index contributed by atoms with van der Waals surface area (Å²) < 4.78 is 28.9. The molecule has 0 amide bonds. The summed E-state index contributed by atoms with van der Waals surface area (Å²) in [6, 6.07) is 7.23. The van der Waals surface area contributed by atoms with E-state index in [-0.39, 0.29) is 29.6 Å². The number of hydrogen-bond acceptors (Lipinski definition) is 5. The van der Waals surface area contributed by atoms with Gasteiger partial charge in [0.25, 0.3) is 5.56 Å². The fraction of sp³-hybridized carbons (Fsp3) is 0.500. The van der Waals surface area contributed by atoms with Crippen LogP contribution in [0, 0.1) is 5.41 Å². The Bertz CT molecular complexity index is 989. The maximum absolute atomic E-state index is 13.7. The van der Waals surface area contributed by atoms with E-state index < -0.39 is 5.92 Å². The van der Waals surface area contributed by atoms with Crippen LogP contribution in [0.3, 0.4) is 0 Å². The molecular formula is C20H23ClF2N4OS. The van der Waals surface area contributed by atoms with Crippen molar-refractivity contribution in [2.45, 2.75) is 47.8 Å². The summed E-state index contributed by atoms with van der Waals surface area (Å²) in [4.78, 5) is 20.5. The Labute approximate surface area is 177 Å². The maximum Gasteiger partial charge on any atom is 0.270 e. The Hall–Kier alpha value is -1.80. The van der Waals surface area contributed by atoms with Crippen molar-refractivity contribution in [3.8, 4) is 0 Å². The van der Waals surface area contributed by atoms with E-state index in [2.05, 4.69) is 4.98 Å². The van der Waals surface area contributed by atoms with Gasteiger partial charge in [-0.25, -0.2) is 8.78 Å². The van der Waals surface area contributed by atoms with Gasteiger partial charge in [-0.1, -0.05) is 35.5 Å². The molecule has 9 heteroatoms. The molecule has 29 heavy (non-hydrogen) atoms. The number of piperidine rings is 1. The first-order valence-electron chi connectivity index (χ1n) is 9.61. The van der Waals surface area contributed by atoms with Gasteiger partial charge in [0, 0.05) is 37.9 Å². The van der Waals surface area contributed by atoms with Gasteiger partial charge in [0.05, 0.1) is 5.02 Å². The van der Waals surface area contributed by atoms with Gasteiger partial charge >= 0.3 is 0 Å². The molecule has 4 rings (SSSR count). The van der Waals surface area contributed by atoms with Crippen LogP contribution in [0.1, 0.15) is 32.1 Å². The van der Waals surface area contributed by atoms with Gasteiger partial charge in [0.2, 0.25) is 11.9 Å². The zero-order chi connectivity index (χ0) is 20.8. The highest BCUT2D eigenvalue weighted by Gasteiger charge is 2.50. The molecule has 1 aliphatic heterocycles. The van der Waals surface area contributed by atoms with Crippen molar-refractivity contribution in [2.75, 3.05) is 23.7 Å². The summed E-state index contributed by atoms with van der Waals surface area (Å²) in [5.74, 6) is -1.91. The zero-order valence-corrected chi connectivity index (χ0v) is 17.7. The lowest BCUT2D eigenvalue weighted by atomic mass is 9.77. The predicted octanol–water partition coefficient (Wildman–Crippen LogP) is 4.57. The van der Waals surface area contributed by atoms with Gasteiger partial charge < -0.3 is 10.6 Å². The minimum atomic E-state index is -2.55. The number of nitrogens with two attached hydrogens (primary N) is 1. The number of anilines is 2. The first-order valence-corrected chi connectivity index (χ1v) is 10.8. The standard InChI is InChI=1S/C20H23ClF2N4OS/c1-26-17(28)15(29-14-5-3-2-4-13(14)21)16(24)25-18(26)27-10-8-19(9-11-27)6-7-20(22,23)12-19/h2-5H,6-12,24H2,1H3. The monoisotopic (exact) mass is 440 g/mol. The van der Waals surface area contributed by atoms with Gasteiger partial charge in [0.15, 0.2) is 0 Å². The molecule has 1 spiro atoms. The van der Waals surface area contributed by atoms with Crippen molar-refractivity contribution in [1.82, 2.24) is 9.55 Å². The summed E-state index contributed by atoms with van der Waals surface area (Å²) in [5, 5.41) is 0.540. The van der Waals surface area contributed by atoms with Crippen molar-refractivity contribution in [1.29, 1.82) is 0 Å². The molecule has 1 saturated heterocycles. The van der Waals surface area contributed by atoms with Crippen LogP contribution in [-0.2, 0) is 7.05 Å². The Morgan fingerprint density at radius 2 is 1.86 bits per heavy atom. The third-order valence-electron chi connectivity index (χ3n) is 6.06. The topological polar surface area (TPSA) is 64.2 Å². The largest absolute Gasteiger partial charge is 0.382 e. The molecule has 1 aliphatic carbocycles. The van der Waals surface area contributed by atoms with Crippen molar-refractivity contribution < 1.29 is 8.78 Å². The Morgan fingerprint density at radius 1 is 1.17 bits per heavy atom. The van der Waals surface area contributed by atoms with Crippen LogP contribution in [0.5, 0.6) is 0 Å². The van der Waals surface area contributed by atoms with E-state index >= 15 is 0 Å². The average Bonchev–Trinajstić information content (AvgIpc) is 2.98. The summed E-state index contributed by atoms with van der Waals surface area (Å²) in [5.41, 5.74) is 5.60. The van der Waals surface area contributed by atoms with Gasteiger partial charge in [-0.3, -0.25) is 9.36 Å². The SMILES string of the molecule is Cn1c(N2CCC3(CC2)CCC(F)(F)C3)nc(N)c(Sc2ccccc2Cl)c1=O. The molecule has 0 bridgehead atoms. The lowest BCUT2D eigenvalue weighted by Gasteiger charge is -2.40. The van der Waals surface area contributed by atoms with Crippen LogP contribution in [0.15, 0.2) is 38.9 Å². The smallest absolute Gasteiger partial charge is 0.270 e. The Kier molecular flexibility index (Phi) is 5.27. The highest BCUT2D eigenvalue weighted by atomic mass is 35.5. The first-order chi connectivity index (χ1) is 13.7. The summed E-state index contributed by atoms with van der Waals surface area (Å²) in [6.45, 7) is 1.18. The van der Waals surface area contributed by atoms with Crippen LogP contribution < -0.4 is 16.2 Å². The lowest BCUT2D eigenvalue weighted by molar-refractivity contribution is -0.00685. The molecule has 2 fully saturated rings. The van der Waals surface area contributed by atoms with E-state index in [0.717, 1.165) is 4.90 Å². The molecule has 2 aromatic rings. The molecule has 2 N–H and O–H groups in total. The van der Waals surface area contributed by atoms with Gasteiger partial charge in [-0.15, -0.1) is 0 Å². The normalized spacial score (nSPS) is 20.3.